The molecule has 0 aliphatic carbocycles. The Balaban J connectivity index is 2.64. The van der Waals surface area contributed by atoms with E-state index in [1.165, 1.54) is 0 Å². The molecule has 0 heterocycles. The number of methoxy groups -OCH3 is 1. The van der Waals surface area contributed by atoms with Crippen molar-refractivity contribution in [2.75, 3.05) is 38.7 Å². The lowest BCUT2D eigenvalue weighted by atomic mass is 10.2. The summed E-state index contributed by atoms with van der Waals surface area (Å²) in [7, 11) is 1.58. The number of hydrogen-bond acceptors (Lipinski definition) is 4. The maximum atomic E-state index is 12.2. The summed E-state index contributed by atoms with van der Waals surface area (Å²) >= 11 is 0. The molecule has 5 heteroatoms. The Labute approximate surface area is 126 Å². The number of aliphatic hydroxyl groups is 1. The molecule has 118 valence electrons. The highest BCUT2D eigenvalue weighted by Crippen LogP contribution is 2.25. The molecule has 0 aliphatic heterocycles. The van der Waals surface area contributed by atoms with Gasteiger partial charge in [-0.3, -0.25) is 9.69 Å². The van der Waals surface area contributed by atoms with Gasteiger partial charge in [0.05, 0.1) is 25.9 Å². The zero-order valence-corrected chi connectivity index (χ0v) is 13.2. The van der Waals surface area contributed by atoms with Crippen molar-refractivity contribution in [3.63, 3.8) is 0 Å². The summed E-state index contributed by atoms with van der Waals surface area (Å²) in [5.41, 5.74) is 1.74. The summed E-state index contributed by atoms with van der Waals surface area (Å²) in [5, 5.41) is 11.9. The van der Waals surface area contributed by atoms with Crippen molar-refractivity contribution in [3.8, 4) is 5.75 Å². The number of ether oxygens (including phenoxy) is 1. The highest BCUT2D eigenvalue weighted by molar-refractivity contribution is 5.93. The van der Waals surface area contributed by atoms with Crippen LogP contribution < -0.4 is 10.1 Å². The lowest BCUT2D eigenvalue weighted by molar-refractivity contribution is -0.117. The quantitative estimate of drug-likeness (QED) is 0.731. The molecule has 0 saturated carbocycles. The first kappa shape index (κ1) is 17.5. The van der Waals surface area contributed by atoms with Gasteiger partial charge in [-0.2, -0.15) is 0 Å². The molecule has 1 aromatic carbocycles. The summed E-state index contributed by atoms with van der Waals surface area (Å²) < 4.78 is 5.25. The number of amides is 1. The first-order chi connectivity index (χ1) is 10.1. The second-order valence-corrected chi connectivity index (χ2v) is 5.11. The van der Waals surface area contributed by atoms with E-state index < -0.39 is 0 Å². The zero-order chi connectivity index (χ0) is 15.7. The predicted octanol–water partition coefficient (Wildman–Crippen LogP) is 2.04. The van der Waals surface area contributed by atoms with E-state index in [4.69, 9.17) is 9.84 Å². The van der Waals surface area contributed by atoms with Crippen molar-refractivity contribution < 1.29 is 14.6 Å². The molecule has 0 saturated heterocycles. The Morgan fingerprint density at radius 3 is 2.76 bits per heavy atom. The van der Waals surface area contributed by atoms with E-state index in [0.717, 1.165) is 24.9 Å². The van der Waals surface area contributed by atoms with Crippen molar-refractivity contribution >= 4 is 11.6 Å². The molecule has 0 unspecified atom stereocenters. The third-order valence-electron chi connectivity index (χ3n) is 3.24. The molecular weight excluding hydrogens is 268 g/mol. The monoisotopic (exact) mass is 294 g/mol. The van der Waals surface area contributed by atoms with Gasteiger partial charge in [0, 0.05) is 6.54 Å². The van der Waals surface area contributed by atoms with Crippen LogP contribution in [-0.4, -0.2) is 49.3 Å². The fourth-order valence-corrected chi connectivity index (χ4v) is 2.11. The molecule has 1 aromatic rings. The van der Waals surface area contributed by atoms with E-state index in [0.29, 0.717) is 18.0 Å². The lowest BCUT2D eigenvalue weighted by Gasteiger charge is -2.20. The first-order valence-electron chi connectivity index (χ1n) is 7.38. The SMILES string of the molecule is CCCCN(CCO)CC(=O)Nc1cc(C)ccc1OC. The van der Waals surface area contributed by atoms with Crippen molar-refractivity contribution in [2.45, 2.75) is 26.7 Å². The van der Waals surface area contributed by atoms with E-state index in [9.17, 15) is 4.79 Å². The van der Waals surface area contributed by atoms with Crippen molar-refractivity contribution in [1.29, 1.82) is 0 Å². The zero-order valence-electron chi connectivity index (χ0n) is 13.2. The number of aliphatic hydroxyl groups excluding tert-OH is 1. The molecule has 2 N–H and O–H groups in total. The van der Waals surface area contributed by atoms with Gasteiger partial charge in [0.25, 0.3) is 0 Å². The van der Waals surface area contributed by atoms with Crippen molar-refractivity contribution in [2.24, 2.45) is 0 Å². The minimum atomic E-state index is -0.0940. The van der Waals surface area contributed by atoms with Gasteiger partial charge in [0.15, 0.2) is 0 Å². The number of nitrogens with one attached hydrogen (secondary N) is 1. The summed E-state index contributed by atoms with van der Waals surface area (Å²) in [4.78, 5) is 14.1. The fraction of sp³-hybridized carbons (Fsp3) is 0.562. The maximum absolute atomic E-state index is 12.2. The second-order valence-electron chi connectivity index (χ2n) is 5.11. The van der Waals surface area contributed by atoms with Gasteiger partial charge in [-0.15, -0.1) is 0 Å². The largest absolute Gasteiger partial charge is 0.495 e. The van der Waals surface area contributed by atoms with Crippen LogP contribution >= 0.6 is 0 Å². The van der Waals surface area contributed by atoms with Crippen LogP contribution in [0.1, 0.15) is 25.3 Å². The smallest absolute Gasteiger partial charge is 0.238 e. The summed E-state index contributed by atoms with van der Waals surface area (Å²) in [6.07, 6.45) is 2.08. The van der Waals surface area contributed by atoms with Crippen LogP contribution in [0.5, 0.6) is 5.75 Å². The molecule has 21 heavy (non-hydrogen) atoms. The number of rotatable bonds is 9. The molecule has 0 atom stereocenters. The average molecular weight is 294 g/mol. The average Bonchev–Trinajstić information content (AvgIpc) is 2.45. The number of carbonyl (C=O) groups is 1. The predicted molar refractivity (Wildman–Crippen MR) is 84.8 cm³/mol. The van der Waals surface area contributed by atoms with Crippen LogP contribution in [0.2, 0.25) is 0 Å². The van der Waals surface area contributed by atoms with Gasteiger partial charge in [-0.25, -0.2) is 0 Å². The Morgan fingerprint density at radius 2 is 2.14 bits per heavy atom. The van der Waals surface area contributed by atoms with E-state index in [1.807, 2.05) is 30.0 Å². The van der Waals surface area contributed by atoms with Gasteiger partial charge < -0.3 is 15.2 Å². The molecule has 5 nitrogen and oxygen atoms in total. The first-order valence-corrected chi connectivity index (χ1v) is 7.38. The van der Waals surface area contributed by atoms with E-state index >= 15 is 0 Å². The molecule has 1 rings (SSSR count). The lowest BCUT2D eigenvalue weighted by Crippen LogP contribution is -2.36. The van der Waals surface area contributed by atoms with Gasteiger partial charge in [0.1, 0.15) is 5.75 Å². The summed E-state index contributed by atoms with van der Waals surface area (Å²) in [5.74, 6) is 0.555. The Kier molecular flexibility index (Phi) is 7.79. The molecule has 1 amide bonds. The number of benzene rings is 1. The molecule has 0 aromatic heterocycles. The Morgan fingerprint density at radius 1 is 1.38 bits per heavy atom. The third-order valence-corrected chi connectivity index (χ3v) is 3.24. The standard InChI is InChI=1S/C16H26N2O3/c1-4-5-8-18(9-10-19)12-16(20)17-14-11-13(2)6-7-15(14)21-3/h6-7,11,19H,4-5,8-10,12H2,1-3H3,(H,17,20). The van der Waals surface area contributed by atoms with Gasteiger partial charge in [0.2, 0.25) is 5.91 Å². The normalized spacial score (nSPS) is 10.7. The number of hydrogen-bond donors (Lipinski definition) is 2. The molecule has 0 radical (unpaired) electrons. The minimum Gasteiger partial charge on any atom is -0.495 e. The van der Waals surface area contributed by atoms with Crippen LogP contribution in [0.4, 0.5) is 5.69 Å². The van der Waals surface area contributed by atoms with Crippen LogP contribution in [0.25, 0.3) is 0 Å². The van der Waals surface area contributed by atoms with Gasteiger partial charge >= 0.3 is 0 Å². The Hall–Kier alpha value is -1.59. The third kappa shape index (κ3) is 6.14. The summed E-state index contributed by atoms with van der Waals surface area (Å²) in [6, 6.07) is 5.67. The van der Waals surface area contributed by atoms with Crippen LogP contribution in [0.3, 0.4) is 0 Å². The van der Waals surface area contributed by atoms with E-state index in [-0.39, 0.29) is 19.1 Å². The molecule has 0 bridgehead atoms. The van der Waals surface area contributed by atoms with Crippen molar-refractivity contribution in [3.05, 3.63) is 23.8 Å². The summed E-state index contributed by atoms with van der Waals surface area (Å²) in [6.45, 7) is 5.74. The van der Waals surface area contributed by atoms with Gasteiger partial charge in [-0.1, -0.05) is 19.4 Å². The molecule has 0 spiro atoms. The molecule has 0 aliphatic rings. The van der Waals surface area contributed by atoms with E-state index in [1.54, 1.807) is 7.11 Å². The van der Waals surface area contributed by atoms with Gasteiger partial charge in [-0.05, 0) is 37.6 Å². The highest BCUT2D eigenvalue weighted by atomic mass is 16.5. The number of anilines is 1. The minimum absolute atomic E-state index is 0.0603. The maximum Gasteiger partial charge on any atom is 0.238 e. The second kappa shape index (κ2) is 9.37. The topological polar surface area (TPSA) is 61.8 Å². The fourth-order valence-electron chi connectivity index (χ4n) is 2.11. The highest BCUT2D eigenvalue weighted by Gasteiger charge is 2.12. The van der Waals surface area contributed by atoms with E-state index in [2.05, 4.69) is 12.2 Å². The number of nitrogens with zero attached hydrogens (tertiary/aromatic N) is 1. The molecular formula is C16H26N2O3. The van der Waals surface area contributed by atoms with Crippen LogP contribution in [0, 0.1) is 6.92 Å². The van der Waals surface area contributed by atoms with Crippen molar-refractivity contribution in [1.82, 2.24) is 4.90 Å². The number of aryl methyl sites for hydroxylation is 1. The molecule has 0 fully saturated rings. The number of carbonyl (C=O) groups excluding carboxylic acids is 1. The van der Waals surface area contributed by atoms with Crippen LogP contribution in [0.15, 0.2) is 18.2 Å². The Bertz CT molecular complexity index is 449. The number of unbranched alkanes of at least 4 members (excludes halogenated alkanes) is 1. The van der Waals surface area contributed by atoms with Crippen LogP contribution in [-0.2, 0) is 4.79 Å².